The van der Waals surface area contributed by atoms with Gasteiger partial charge in [0.25, 0.3) is 0 Å². The first kappa shape index (κ1) is 17.4. The molecule has 0 unspecified atom stereocenters. The Morgan fingerprint density at radius 2 is 1.28 bits per heavy atom. The van der Waals surface area contributed by atoms with Crippen molar-refractivity contribution in [1.82, 2.24) is 0 Å². The van der Waals surface area contributed by atoms with Gasteiger partial charge in [-0.3, -0.25) is 4.79 Å². The van der Waals surface area contributed by atoms with Crippen LogP contribution in [0.5, 0.6) is 0 Å². The predicted molar refractivity (Wildman–Crippen MR) is 80.9 cm³/mol. The van der Waals surface area contributed by atoms with Crippen LogP contribution in [0.15, 0.2) is 12.7 Å². The molecule has 0 fully saturated rings. The molecule has 0 aliphatic rings. The van der Waals surface area contributed by atoms with Crippen LogP contribution >= 0.6 is 0 Å². The van der Waals surface area contributed by atoms with Gasteiger partial charge in [-0.2, -0.15) is 0 Å². The average Bonchev–Trinajstić information content (AvgIpc) is 2.36. The number of hydrogen-bond acceptors (Lipinski definition) is 1. The summed E-state index contributed by atoms with van der Waals surface area (Å²) in [6.45, 7) is 5.85. The molecule has 0 N–H and O–H groups in total. The van der Waals surface area contributed by atoms with Gasteiger partial charge >= 0.3 is 0 Å². The Morgan fingerprint density at radius 1 is 0.833 bits per heavy atom. The molecule has 0 saturated carbocycles. The molecule has 0 bridgehead atoms. The number of carbonyl (C=O) groups excluding carboxylic acids is 1. The fraction of sp³-hybridized carbons (Fsp3) is 0.824. The average molecular weight is 252 g/mol. The van der Waals surface area contributed by atoms with Crippen LogP contribution in [0.2, 0.25) is 0 Å². The molecule has 0 aromatic carbocycles. The van der Waals surface area contributed by atoms with Gasteiger partial charge in [-0.15, -0.1) is 6.58 Å². The van der Waals surface area contributed by atoms with E-state index in [0.29, 0.717) is 12.2 Å². The van der Waals surface area contributed by atoms with E-state index in [0.717, 1.165) is 12.8 Å². The molecule has 0 aliphatic carbocycles. The van der Waals surface area contributed by atoms with Crippen molar-refractivity contribution in [2.45, 2.75) is 90.4 Å². The summed E-state index contributed by atoms with van der Waals surface area (Å²) in [5.74, 6) is 0.348. The normalized spacial score (nSPS) is 10.5. The van der Waals surface area contributed by atoms with Crippen molar-refractivity contribution in [3.05, 3.63) is 12.7 Å². The number of Topliss-reactive ketones (excluding diaryl/α,β-unsaturated/α-hetero) is 1. The number of allylic oxidation sites excluding steroid dienone is 1. The van der Waals surface area contributed by atoms with E-state index >= 15 is 0 Å². The van der Waals surface area contributed by atoms with Crippen LogP contribution in [-0.4, -0.2) is 5.78 Å². The van der Waals surface area contributed by atoms with Crippen LogP contribution in [0.3, 0.4) is 0 Å². The zero-order chi connectivity index (χ0) is 13.5. The fourth-order valence-electron chi connectivity index (χ4n) is 2.25. The quantitative estimate of drug-likeness (QED) is 0.281. The Bertz CT molecular complexity index is 196. The fourth-order valence-corrected chi connectivity index (χ4v) is 2.25. The summed E-state index contributed by atoms with van der Waals surface area (Å²) >= 11 is 0. The third-order valence-electron chi connectivity index (χ3n) is 3.43. The first-order chi connectivity index (χ1) is 8.81. The molecule has 0 aliphatic heterocycles. The van der Waals surface area contributed by atoms with E-state index in [1.54, 1.807) is 6.08 Å². The topological polar surface area (TPSA) is 17.1 Å². The molecular weight excluding hydrogens is 220 g/mol. The van der Waals surface area contributed by atoms with Crippen molar-refractivity contribution in [3.8, 4) is 0 Å². The lowest BCUT2D eigenvalue weighted by molar-refractivity contribution is -0.118. The third kappa shape index (κ3) is 13.5. The molecule has 0 amide bonds. The highest BCUT2D eigenvalue weighted by atomic mass is 16.1. The standard InChI is InChI=1S/C17H32O/c1-3-5-6-7-8-9-10-11-12-13-14-16-17(18)15-4-2/h4H,2-3,5-16H2,1H3. The minimum absolute atomic E-state index is 0.348. The van der Waals surface area contributed by atoms with E-state index in [9.17, 15) is 4.79 Å². The number of hydrogen-bond donors (Lipinski definition) is 0. The molecule has 1 heteroatoms. The summed E-state index contributed by atoms with van der Waals surface area (Å²) in [5, 5.41) is 0. The van der Waals surface area contributed by atoms with Crippen molar-refractivity contribution in [2.24, 2.45) is 0 Å². The summed E-state index contributed by atoms with van der Waals surface area (Å²) in [7, 11) is 0. The van der Waals surface area contributed by atoms with E-state index in [-0.39, 0.29) is 0 Å². The minimum Gasteiger partial charge on any atom is -0.299 e. The maximum Gasteiger partial charge on any atom is 0.136 e. The number of carbonyl (C=O) groups is 1. The predicted octanol–water partition coefficient (Wildman–Crippen LogP) is 5.83. The number of ketones is 1. The van der Waals surface area contributed by atoms with Crippen LogP contribution in [0, 0.1) is 0 Å². The summed E-state index contributed by atoms with van der Waals surface area (Å²) in [6, 6.07) is 0. The van der Waals surface area contributed by atoms with E-state index in [1.807, 2.05) is 0 Å². The first-order valence-electron chi connectivity index (χ1n) is 7.93. The lowest BCUT2D eigenvalue weighted by Crippen LogP contribution is -1.94. The zero-order valence-corrected chi connectivity index (χ0v) is 12.4. The molecule has 0 heterocycles. The van der Waals surface area contributed by atoms with Crippen LogP contribution in [0.4, 0.5) is 0 Å². The monoisotopic (exact) mass is 252 g/mol. The van der Waals surface area contributed by atoms with Crippen molar-refractivity contribution >= 4 is 5.78 Å². The van der Waals surface area contributed by atoms with Crippen LogP contribution in [-0.2, 0) is 4.79 Å². The molecule has 0 atom stereocenters. The van der Waals surface area contributed by atoms with Gasteiger partial charge in [-0.1, -0.05) is 77.2 Å². The van der Waals surface area contributed by atoms with Crippen molar-refractivity contribution in [2.75, 3.05) is 0 Å². The molecule has 0 spiro atoms. The van der Waals surface area contributed by atoms with Crippen LogP contribution in [0.1, 0.15) is 90.4 Å². The van der Waals surface area contributed by atoms with Crippen molar-refractivity contribution < 1.29 is 4.79 Å². The van der Waals surface area contributed by atoms with Crippen LogP contribution in [0.25, 0.3) is 0 Å². The molecule has 106 valence electrons. The highest BCUT2D eigenvalue weighted by Crippen LogP contribution is 2.12. The maximum atomic E-state index is 11.2. The lowest BCUT2D eigenvalue weighted by Gasteiger charge is -2.02. The Kier molecular flexibility index (Phi) is 14.0. The van der Waals surface area contributed by atoms with Gasteiger partial charge in [0, 0.05) is 12.8 Å². The largest absolute Gasteiger partial charge is 0.299 e. The summed E-state index contributed by atoms with van der Waals surface area (Å²) in [5.41, 5.74) is 0. The van der Waals surface area contributed by atoms with Gasteiger partial charge in [0.05, 0.1) is 0 Å². The van der Waals surface area contributed by atoms with Gasteiger partial charge in [-0.05, 0) is 6.42 Å². The SMILES string of the molecule is C=CCC(=O)CCCCCCCCCCCCC. The minimum atomic E-state index is 0.348. The summed E-state index contributed by atoms with van der Waals surface area (Å²) in [6.07, 6.45) is 17.7. The highest BCUT2D eigenvalue weighted by molar-refractivity contribution is 5.79. The van der Waals surface area contributed by atoms with Gasteiger partial charge in [0.1, 0.15) is 5.78 Å². The van der Waals surface area contributed by atoms with Crippen molar-refractivity contribution in [1.29, 1.82) is 0 Å². The summed E-state index contributed by atoms with van der Waals surface area (Å²) < 4.78 is 0. The third-order valence-corrected chi connectivity index (χ3v) is 3.43. The molecule has 1 nitrogen and oxygen atoms in total. The van der Waals surface area contributed by atoms with E-state index in [2.05, 4.69) is 13.5 Å². The Labute approximate surface area is 114 Å². The molecule has 18 heavy (non-hydrogen) atoms. The van der Waals surface area contributed by atoms with Gasteiger partial charge < -0.3 is 0 Å². The molecule has 0 saturated heterocycles. The van der Waals surface area contributed by atoms with E-state index in [4.69, 9.17) is 0 Å². The molecule has 0 radical (unpaired) electrons. The molecule has 0 aromatic rings. The second-order valence-electron chi connectivity index (χ2n) is 5.32. The van der Waals surface area contributed by atoms with Gasteiger partial charge in [0.15, 0.2) is 0 Å². The highest BCUT2D eigenvalue weighted by Gasteiger charge is 1.98. The van der Waals surface area contributed by atoms with Crippen molar-refractivity contribution in [3.63, 3.8) is 0 Å². The second-order valence-corrected chi connectivity index (χ2v) is 5.32. The number of unbranched alkanes of at least 4 members (excludes halogenated alkanes) is 10. The first-order valence-corrected chi connectivity index (χ1v) is 7.93. The van der Waals surface area contributed by atoms with E-state index < -0.39 is 0 Å². The lowest BCUT2D eigenvalue weighted by atomic mass is 10.0. The smallest absolute Gasteiger partial charge is 0.136 e. The Balaban J connectivity index is 3.03. The molecular formula is C17H32O. The van der Waals surface area contributed by atoms with Crippen LogP contribution < -0.4 is 0 Å². The molecule has 0 rings (SSSR count). The summed E-state index contributed by atoms with van der Waals surface area (Å²) in [4.78, 5) is 11.2. The Morgan fingerprint density at radius 3 is 1.72 bits per heavy atom. The Hall–Kier alpha value is -0.590. The van der Waals surface area contributed by atoms with E-state index in [1.165, 1.54) is 64.2 Å². The maximum absolute atomic E-state index is 11.2. The van der Waals surface area contributed by atoms with Gasteiger partial charge in [0.2, 0.25) is 0 Å². The van der Waals surface area contributed by atoms with Gasteiger partial charge in [-0.25, -0.2) is 0 Å². The molecule has 0 aromatic heterocycles. The zero-order valence-electron chi connectivity index (χ0n) is 12.4. The number of rotatable bonds is 14. The second kappa shape index (κ2) is 14.5.